The fourth-order valence-corrected chi connectivity index (χ4v) is 5.71. The summed E-state index contributed by atoms with van der Waals surface area (Å²) in [6.07, 6.45) is 1.65. The minimum atomic E-state index is -1.24. The fourth-order valence-electron chi connectivity index (χ4n) is 4.95. The van der Waals surface area contributed by atoms with E-state index >= 15 is 0 Å². The number of nitrogens with zero attached hydrogens (tertiary/aromatic N) is 4. The molecule has 0 N–H and O–H groups in total. The number of rotatable bonds is 8. The van der Waals surface area contributed by atoms with E-state index in [1.807, 2.05) is 25.3 Å². The van der Waals surface area contributed by atoms with Gasteiger partial charge in [-0.2, -0.15) is 5.26 Å². The summed E-state index contributed by atoms with van der Waals surface area (Å²) in [4.78, 5) is 5.03. The molecule has 2 aromatic carbocycles. The lowest BCUT2D eigenvalue weighted by molar-refractivity contribution is 0.0426. The number of aromatic nitrogens is 3. The second-order valence-corrected chi connectivity index (χ2v) is 16.5. The monoisotopic (exact) mass is 532 g/mol. The van der Waals surface area contributed by atoms with Gasteiger partial charge < -0.3 is 23.3 Å². The standard InChI is InChI=1S/C29H33FN4O3Si/c1-19-14-21(30)7-8-22(19)28-29-32-24(17-33(29)10-11-37-28)26-15-23-25(9-6-20(16-31)27(23)35-2)34(26)18-36-12-13-38(3,4)5/h6-9,14-15,17,28H,10-13,18H2,1-5H3. The highest BCUT2D eigenvalue weighted by Gasteiger charge is 2.28. The van der Waals surface area contributed by atoms with Crippen molar-refractivity contribution in [2.45, 2.75) is 52.0 Å². The lowest BCUT2D eigenvalue weighted by Crippen LogP contribution is -2.23. The molecule has 4 aromatic rings. The van der Waals surface area contributed by atoms with Crippen LogP contribution in [-0.4, -0.2) is 42.5 Å². The second-order valence-electron chi connectivity index (χ2n) is 10.9. The summed E-state index contributed by atoms with van der Waals surface area (Å²) in [5.41, 5.74) is 4.77. The van der Waals surface area contributed by atoms with Crippen molar-refractivity contribution in [1.82, 2.24) is 14.1 Å². The second kappa shape index (κ2) is 10.4. The number of methoxy groups -OCH3 is 1. The summed E-state index contributed by atoms with van der Waals surface area (Å²) in [5, 5.41) is 10.5. The zero-order valence-electron chi connectivity index (χ0n) is 22.5. The van der Waals surface area contributed by atoms with Gasteiger partial charge in [-0.15, -0.1) is 0 Å². The molecule has 0 aliphatic carbocycles. The van der Waals surface area contributed by atoms with Gasteiger partial charge in [-0.3, -0.25) is 0 Å². The quantitative estimate of drug-likeness (QED) is 0.198. The Labute approximate surface area is 223 Å². The highest BCUT2D eigenvalue weighted by atomic mass is 28.3. The van der Waals surface area contributed by atoms with Crippen LogP contribution in [0, 0.1) is 24.1 Å². The van der Waals surface area contributed by atoms with Crippen molar-refractivity contribution in [1.29, 1.82) is 5.26 Å². The van der Waals surface area contributed by atoms with Crippen molar-refractivity contribution in [3.05, 3.63) is 70.9 Å². The Morgan fingerprint density at radius 2 is 2.03 bits per heavy atom. The molecule has 38 heavy (non-hydrogen) atoms. The van der Waals surface area contributed by atoms with Crippen molar-refractivity contribution >= 4 is 19.0 Å². The molecular formula is C29H33FN4O3Si. The molecule has 198 valence electrons. The third kappa shape index (κ3) is 4.99. The Balaban J connectivity index is 1.59. The zero-order chi connectivity index (χ0) is 27.0. The SMILES string of the molecule is COc1c(C#N)ccc2c1cc(-c1cn3c(n1)C(c1ccc(F)cc1C)OCC3)n2COCC[Si](C)(C)C. The van der Waals surface area contributed by atoms with E-state index in [0.29, 0.717) is 37.8 Å². The number of ether oxygens (including phenoxy) is 3. The van der Waals surface area contributed by atoms with Gasteiger partial charge in [-0.25, -0.2) is 9.37 Å². The molecule has 2 aromatic heterocycles. The van der Waals surface area contributed by atoms with Gasteiger partial charge in [-0.05, 0) is 54.4 Å². The van der Waals surface area contributed by atoms with Crippen molar-refractivity contribution < 1.29 is 18.6 Å². The van der Waals surface area contributed by atoms with Gasteiger partial charge in [0.25, 0.3) is 0 Å². The fraction of sp³-hybridized carbons (Fsp3) is 0.379. The Bertz CT molecular complexity index is 1530. The summed E-state index contributed by atoms with van der Waals surface area (Å²) in [7, 11) is 0.346. The normalized spacial score (nSPS) is 15.4. The molecule has 1 unspecified atom stereocenters. The summed E-state index contributed by atoms with van der Waals surface area (Å²) in [5.74, 6) is 1.05. The van der Waals surface area contributed by atoms with E-state index in [4.69, 9.17) is 19.2 Å². The molecule has 0 bridgehead atoms. The van der Waals surface area contributed by atoms with Crippen LogP contribution in [0.25, 0.3) is 22.3 Å². The Morgan fingerprint density at radius 3 is 2.74 bits per heavy atom. The van der Waals surface area contributed by atoms with Crippen LogP contribution in [0.3, 0.4) is 0 Å². The summed E-state index contributed by atoms with van der Waals surface area (Å²) < 4.78 is 36.0. The number of hydrogen-bond donors (Lipinski definition) is 0. The van der Waals surface area contributed by atoms with E-state index in [-0.39, 0.29) is 11.9 Å². The van der Waals surface area contributed by atoms with Crippen LogP contribution in [0.15, 0.2) is 42.6 Å². The van der Waals surface area contributed by atoms with E-state index in [1.54, 1.807) is 19.2 Å². The van der Waals surface area contributed by atoms with E-state index in [1.165, 1.54) is 12.1 Å². The molecule has 0 fully saturated rings. The number of nitriles is 1. The first-order chi connectivity index (χ1) is 18.2. The van der Waals surface area contributed by atoms with Gasteiger partial charge in [-0.1, -0.05) is 25.7 Å². The van der Waals surface area contributed by atoms with Gasteiger partial charge >= 0.3 is 0 Å². The Morgan fingerprint density at radius 1 is 1.21 bits per heavy atom. The molecule has 9 heteroatoms. The van der Waals surface area contributed by atoms with E-state index < -0.39 is 8.07 Å². The summed E-state index contributed by atoms with van der Waals surface area (Å²) in [6.45, 7) is 11.1. The van der Waals surface area contributed by atoms with Gasteiger partial charge in [0.2, 0.25) is 0 Å². The average Bonchev–Trinajstić information content (AvgIpc) is 3.47. The number of halogens is 1. The van der Waals surface area contributed by atoms with Crippen molar-refractivity contribution in [3.63, 3.8) is 0 Å². The van der Waals surface area contributed by atoms with Crippen molar-refractivity contribution in [2.24, 2.45) is 0 Å². The molecule has 0 spiro atoms. The number of imidazole rings is 1. The van der Waals surface area contributed by atoms with Crippen LogP contribution in [0.4, 0.5) is 4.39 Å². The number of hydrogen-bond acceptors (Lipinski definition) is 5. The number of fused-ring (bicyclic) bond motifs is 2. The molecule has 0 radical (unpaired) electrons. The van der Waals surface area contributed by atoms with E-state index in [0.717, 1.165) is 45.3 Å². The molecule has 0 amide bonds. The van der Waals surface area contributed by atoms with Crippen LogP contribution in [-0.2, 0) is 22.7 Å². The maximum atomic E-state index is 13.8. The molecule has 1 aliphatic rings. The van der Waals surface area contributed by atoms with Gasteiger partial charge in [0.1, 0.15) is 42.0 Å². The molecule has 0 saturated heterocycles. The average molecular weight is 533 g/mol. The van der Waals surface area contributed by atoms with Crippen LogP contribution in [0.1, 0.15) is 28.6 Å². The lowest BCUT2D eigenvalue weighted by Gasteiger charge is -2.25. The summed E-state index contributed by atoms with van der Waals surface area (Å²) in [6, 6.07) is 13.8. The zero-order valence-corrected chi connectivity index (χ0v) is 23.5. The largest absolute Gasteiger partial charge is 0.495 e. The molecule has 1 atom stereocenters. The lowest BCUT2D eigenvalue weighted by atomic mass is 10.0. The predicted molar refractivity (Wildman–Crippen MR) is 147 cm³/mol. The Hall–Kier alpha value is -3.45. The Kier molecular flexibility index (Phi) is 7.14. The third-order valence-corrected chi connectivity index (χ3v) is 8.72. The third-order valence-electron chi connectivity index (χ3n) is 7.01. The molecular weight excluding hydrogens is 499 g/mol. The maximum absolute atomic E-state index is 13.8. The maximum Gasteiger partial charge on any atom is 0.146 e. The van der Waals surface area contributed by atoms with Gasteiger partial charge in [0, 0.05) is 32.8 Å². The van der Waals surface area contributed by atoms with Gasteiger partial charge in [0.15, 0.2) is 0 Å². The van der Waals surface area contributed by atoms with Crippen molar-refractivity contribution in [3.8, 4) is 23.2 Å². The smallest absolute Gasteiger partial charge is 0.146 e. The van der Waals surface area contributed by atoms with E-state index in [2.05, 4.69) is 34.8 Å². The van der Waals surface area contributed by atoms with Gasteiger partial charge in [0.05, 0.1) is 30.5 Å². The highest BCUT2D eigenvalue weighted by molar-refractivity contribution is 6.76. The van der Waals surface area contributed by atoms with Crippen molar-refractivity contribution in [2.75, 3.05) is 20.3 Å². The predicted octanol–water partition coefficient (Wildman–Crippen LogP) is 6.26. The molecule has 1 aliphatic heterocycles. The number of benzene rings is 2. The first kappa shape index (κ1) is 26.2. The van der Waals surface area contributed by atoms with Crippen LogP contribution in [0.5, 0.6) is 5.75 Å². The molecule has 7 nitrogen and oxygen atoms in total. The van der Waals surface area contributed by atoms with Crippen LogP contribution in [0.2, 0.25) is 25.7 Å². The first-order valence-corrected chi connectivity index (χ1v) is 16.5. The van der Waals surface area contributed by atoms with E-state index in [9.17, 15) is 9.65 Å². The minimum absolute atomic E-state index is 0.268. The van der Waals surface area contributed by atoms with Crippen LogP contribution < -0.4 is 4.74 Å². The molecule has 5 rings (SSSR count). The minimum Gasteiger partial charge on any atom is -0.495 e. The summed E-state index contributed by atoms with van der Waals surface area (Å²) >= 11 is 0. The molecule has 3 heterocycles. The first-order valence-electron chi connectivity index (χ1n) is 12.8. The van der Waals surface area contributed by atoms with Crippen LogP contribution >= 0.6 is 0 Å². The molecule has 0 saturated carbocycles. The number of aryl methyl sites for hydroxylation is 1. The highest BCUT2D eigenvalue weighted by Crippen LogP contribution is 2.38. The topological polar surface area (TPSA) is 74.2 Å².